The van der Waals surface area contributed by atoms with Crippen LogP contribution in [0.1, 0.15) is 0 Å². The largest absolute Gasteiger partial charge is 0.503 e. The van der Waals surface area contributed by atoms with E-state index in [1.807, 2.05) is 19.0 Å². The highest BCUT2D eigenvalue weighted by Crippen LogP contribution is 2.31. The summed E-state index contributed by atoms with van der Waals surface area (Å²) in [7, 11) is 3.92. The van der Waals surface area contributed by atoms with Gasteiger partial charge in [-0.3, -0.25) is 0 Å². The summed E-state index contributed by atoms with van der Waals surface area (Å²) in [5.74, 6) is 0.457. The van der Waals surface area contributed by atoms with E-state index in [2.05, 4.69) is 0 Å². The lowest BCUT2D eigenvalue weighted by molar-refractivity contribution is 0.253. The molecule has 1 aromatic rings. The average Bonchev–Trinajstić information content (AvgIpc) is 2.12. The van der Waals surface area contributed by atoms with Crippen LogP contribution in [0.15, 0.2) is 18.2 Å². The van der Waals surface area contributed by atoms with Crippen molar-refractivity contribution in [1.82, 2.24) is 4.90 Å². The summed E-state index contributed by atoms with van der Waals surface area (Å²) in [6.45, 7) is 1.33. The maximum Gasteiger partial charge on any atom is 0.181 e. The number of nitrogens with zero attached hydrogens (tertiary/aromatic N) is 1. The topological polar surface area (TPSA) is 58.7 Å². The van der Waals surface area contributed by atoms with E-state index in [1.165, 1.54) is 0 Å². The minimum absolute atomic E-state index is 0.0197. The summed E-state index contributed by atoms with van der Waals surface area (Å²) in [5.41, 5.74) is 5.85. The van der Waals surface area contributed by atoms with Crippen molar-refractivity contribution >= 4 is 5.69 Å². The molecule has 0 aromatic heterocycles. The van der Waals surface area contributed by atoms with E-state index >= 15 is 0 Å². The first-order valence-electron chi connectivity index (χ1n) is 4.46. The second-order valence-electron chi connectivity index (χ2n) is 3.35. The first-order valence-corrected chi connectivity index (χ1v) is 4.46. The molecule has 0 saturated heterocycles. The van der Waals surface area contributed by atoms with Gasteiger partial charge in [0, 0.05) is 6.54 Å². The predicted molar refractivity (Wildman–Crippen MR) is 56.6 cm³/mol. The van der Waals surface area contributed by atoms with Crippen molar-refractivity contribution in [2.75, 3.05) is 33.0 Å². The lowest BCUT2D eigenvalue weighted by atomic mass is 10.3. The maximum atomic E-state index is 9.50. The summed E-state index contributed by atoms with van der Waals surface area (Å²) in [5, 5.41) is 9.50. The van der Waals surface area contributed by atoms with Crippen molar-refractivity contribution < 1.29 is 9.84 Å². The third kappa shape index (κ3) is 2.81. The maximum absolute atomic E-state index is 9.50. The fourth-order valence-corrected chi connectivity index (χ4v) is 0.994. The fourth-order valence-electron chi connectivity index (χ4n) is 0.994. The smallest absolute Gasteiger partial charge is 0.181 e. The Kier molecular flexibility index (Phi) is 3.59. The van der Waals surface area contributed by atoms with Gasteiger partial charge in [0.05, 0.1) is 5.69 Å². The number of anilines is 1. The summed E-state index contributed by atoms with van der Waals surface area (Å²) in [6.07, 6.45) is 0. The number of aromatic hydroxyl groups is 1. The average molecular weight is 196 g/mol. The molecule has 4 nitrogen and oxygen atoms in total. The molecule has 0 bridgehead atoms. The number of benzene rings is 1. The molecule has 14 heavy (non-hydrogen) atoms. The molecule has 1 rings (SSSR count). The Morgan fingerprint density at radius 1 is 1.43 bits per heavy atom. The van der Waals surface area contributed by atoms with Crippen LogP contribution in [0.25, 0.3) is 0 Å². The molecule has 4 heteroatoms. The second-order valence-corrected chi connectivity index (χ2v) is 3.35. The lowest BCUT2D eigenvalue weighted by Gasteiger charge is -2.12. The number of phenolic OH excluding ortho intramolecular Hbond substituents is 1. The highest BCUT2D eigenvalue weighted by molar-refractivity contribution is 5.58. The van der Waals surface area contributed by atoms with Crippen molar-refractivity contribution in [1.29, 1.82) is 0 Å². The quantitative estimate of drug-likeness (QED) is 0.555. The van der Waals surface area contributed by atoms with E-state index in [4.69, 9.17) is 10.5 Å². The number of hydrogen-bond acceptors (Lipinski definition) is 4. The van der Waals surface area contributed by atoms with Gasteiger partial charge in [-0.1, -0.05) is 6.07 Å². The summed E-state index contributed by atoms with van der Waals surface area (Å²) in [6, 6.07) is 5.08. The minimum Gasteiger partial charge on any atom is -0.503 e. The van der Waals surface area contributed by atoms with E-state index in [1.54, 1.807) is 18.2 Å². The number of para-hydroxylation sites is 1. The molecule has 0 fully saturated rings. The van der Waals surface area contributed by atoms with Gasteiger partial charge in [-0.25, -0.2) is 0 Å². The Balaban J connectivity index is 2.54. The van der Waals surface area contributed by atoms with Gasteiger partial charge in [0.15, 0.2) is 11.5 Å². The van der Waals surface area contributed by atoms with Crippen molar-refractivity contribution in [3.63, 3.8) is 0 Å². The molecule has 3 N–H and O–H groups in total. The van der Waals surface area contributed by atoms with Gasteiger partial charge in [0.2, 0.25) is 0 Å². The van der Waals surface area contributed by atoms with Gasteiger partial charge >= 0.3 is 0 Å². The van der Waals surface area contributed by atoms with Crippen molar-refractivity contribution in [3.05, 3.63) is 18.2 Å². The van der Waals surface area contributed by atoms with Gasteiger partial charge in [-0.15, -0.1) is 0 Å². The first kappa shape index (κ1) is 10.7. The number of nitrogens with two attached hydrogens (primary N) is 1. The molecule has 0 saturated carbocycles. The summed E-state index contributed by atoms with van der Waals surface area (Å²) >= 11 is 0. The number of phenols is 1. The lowest BCUT2D eigenvalue weighted by Crippen LogP contribution is -2.19. The molecule has 0 radical (unpaired) electrons. The second kappa shape index (κ2) is 4.72. The fraction of sp³-hybridized carbons (Fsp3) is 0.400. The van der Waals surface area contributed by atoms with Crippen LogP contribution in [0.4, 0.5) is 5.69 Å². The predicted octanol–water partition coefficient (Wildman–Crippen LogP) is 0.915. The molecule has 0 aliphatic rings. The van der Waals surface area contributed by atoms with Gasteiger partial charge in [-0.2, -0.15) is 0 Å². The minimum atomic E-state index is 0.0197. The monoisotopic (exact) mass is 196 g/mol. The molecule has 0 spiro atoms. The SMILES string of the molecule is CN(C)CCOc1cccc(N)c1O. The first-order chi connectivity index (χ1) is 6.61. The number of ether oxygens (including phenoxy) is 1. The molecular weight excluding hydrogens is 180 g/mol. The van der Waals surface area contributed by atoms with E-state index in [0.29, 0.717) is 18.0 Å². The summed E-state index contributed by atoms with van der Waals surface area (Å²) < 4.78 is 5.36. The number of rotatable bonds is 4. The Bertz CT molecular complexity index is 300. The van der Waals surface area contributed by atoms with Crippen LogP contribution in [0.5, 0.6) is 11.5 Å². The van der Waals surface area contributed by atoms with E-state index < -0.39 is 0 Å². The molecule has 0 unspecified atom stereocenters. The van der Waals surface area contributed by atoms with Crippen LogP contribution in [0.3, 0.4) is 0 Å². The zero-order chi connectivity index (χ0) is 10.6. The zero-order valence-electron chi connectivity index (χ0n) is 8.53. The van der Waals surface area contributed by atoms with Crippen LogP contribution in [-0.2, 0) is 0 Å². The van der Waals surface area contributed by atoms with Crippen LogP contribution >= 0.6 is 0 Å². The molecule has 1 aromatic carbocycles. The van der Waals surface area contributed by atoms with E-state index in [9.17, 15) is 5.11 Å². The third-order valence-corrected chi connectivity index (χ3v) is 1.83. The van der Waals surface area contributed by atoms with Gasteiger partial charge < -0.3 is 20.5 Å². The molecular formula is C10H16N2O2. The Hall–Kier alpha value is -1.42. The van der Waals surface area contributed by atoms with E-state index in [-0.39, 0.29) is 5.75 Å². The standard InChI is InChI=1S/C10H16N2O2/c1-12(2)6-7-14-9-5-3-4-8(11)10(9)13/h3-5,13H,6-7,11H2,1-2H3. The van der Waals surface area contributed by atoms with Gasteiger partial charge in [-0.05, 0) is 26.2 Å². The van der Waals surface area contributed by atoms with Crippen molar-refractivity contribution in [2.45, 2.75) is 0 Å². The Labute approximate surface area is 83.9 Å². The number of likely N-dealkylation sites (N-methyl/N-ethyl adjacent to an activating group) is 1. The van der Waals surface area contributed by atoms with E-state index in [0.717, 1.165) is 6.54 Å². The molecule has 78 valence electrons. The third-order valence-electron chi connectivity index (χ3n) is 1.83. The Morgan fingerprint density at radius 3 is 2.79 bits per heavy atom. The van der Waals surface area contributed by atoms with Gasteiger partial charge in [0.25, 0.3) is 0 Å². The molecule has 0 heterocycles. The van der Waals surface area contributed by atoms with Crippen LogP contribution in [-0.4, -0.2) is 37.3 Å². The molecule has 0 aliphatic carbocycles. The molecule has 0 atom stereocenters. The van der Waals surface area contributed by atoms with Gasteiger partial charge in [0.1, 0.15) is 6.61 Å². The highest BCUT2D eigenvalue weighted by Gasteiger charge is 2.04. The van der Waals surface area contributed by atoms with Crippen molar-refractivity contribution in [3.8, 4) is 11.5 Å². The Morgan fingerprint density at radius 2 is 2.14 bits per heavy atom. The summed E-state index contributed by atoms with van der Waals surface area (Å²) in [4.78, 5) is 2.00. The van der Waals surface area contributed by atoms with Crippen LogP contribution in [0.2, 0.25) is 0 Å². The highest BCUT2D eigenvalue weighted by atomic mass is 16.5. The molecule has 0 amide bonds. The normalized spacial score (nSPS) is 10.5. The van der Waals surface area contributed by atoms with Crippen LogP contribution < -0.4 is 10.5 Å². The zero-order valence-corrected chi connectivity index (χ0v) is 8.53. The van der Waals surface area contributed by atoms with Crippen LogP contribution in [0, 0.1) is 0 Å². The molecule has 0 aliphatic heterocycles. The van der Waals surface area contributed by atoms with Crippen molar-refractivity contribution in [2.24, 2.45) is 0 Å². The number of hydrogen-bond donors (Lipinski definition) is 2. The number of nitrogen functional groups attached to an aromatic ring is 1.